The van der Waals surface area contributed by atoms with Crippen LogP contribution in [0.25, 0.3) is 12.2 Å². The van der Waals surface area contributed by atoms with Gasteiger partial charge in [0.1, 0.15) is 0 Å². The van der Waals surface area contributed by atoms with Gasteiger partial charge in [0, 0.05) is 18.4 Å². The van der Waals surface area contributed by atoms with Gasteiger partial charge in [0.05, 0.1) is 11.4 Å². The summed E-state index contributed by atoms with van der Waals surface area (Å²) in [7, 11) is 0. The minimum Gasteiger partial charge on any atom is -0.271 e. The molecule has 1 fully saturated rings. The van der Waals surface area contributed by atoms with Crippen LogP contribution < -0.4 is 11.3 Å². The van der Waals surface area contributed by atoms with Crippen LogP contribution in [-0.2, 0) is 0 Å². The quantitative estimate of drug-likeness (QED) is 0.674. The number of aromatic nitrogens is 2. The van der Waals surface area contributed by atoms with E-state index in [1.54, 1.807) is 0 Å². The first-order valence-electron chi connectivity index (χ1n) is 7.57. The fourth-order valence-electron chi connectivity index (χ4n) is 2.80. The predicted molar refractivity (Wildman–Crippen MR) is 89.4 cm³/mol. The third-order valence-electron chi connectivity index (χ3n) is 3.89. The van der Waals surface area contributed by atoms with Crippen molar-refractivity contribution in [3.8, 4) is 0 Å². The Kier molecular flexibility index (Phi) is 4.73. The Labute approximate surface area is 130 Å². The van der Waals surface area contributed by atoms with Crippen LogP contribution in [0.5, 0.6) is 0 Å². The standard InChI is InChI=1S/C18H20N4/c19-22-18-9-5-6-14(12-15-7-1-3-10-20-15)17(18)13-16-8-2-4-11-21-16/h1-4,7-8,10-13,18,22H,5-6,9,19H2. The van der Waals surface area contributed by atoms with Crippen LogP contribution in [0.15, 0.2) is 59.9 Å². The summed E-state index contributed by atoms with van der Waals surface area (Å²) in [4.78, 5) is 8.79. The molecule has 1 saturated carbocycles. The fraction of sp³-hybridized carbons (Fsp3) is 0.222. The zero-order valence-electron chi connectivity index (χ0n) is 12.4. The van der Waals surface area contributed by atoms with E-state index in [-0.39, 0.29) is 6.04 Å². The Morgan fingerprint density at radius 2 is 1.68 bits per heavy atom. The Hall–Kier alpha value is -2.30. The van der Waals surface area contributed by atoms with Crippen molar-refractivity contribution in [3.63, 3.8) is 0 Å². The van der Waals surface area contributed by atoms with E-state index in [4.69, 9.17) is 5.84 Å². The third kappa shape index (κ3) is 3.47. The second kappa shape index (κ2) is 7.11. The van der Waals surface area contributed by atoms with Gasteiger partial charge < -0.3 is 0 Å². The fourth-order valence-corrected chi connectivity index (χ4v) is 2.80. The molecule has 0 spiro atoms. The molecule has 4 heteroatoms. The highest BCUT2D eigenvalue weighted by molar-refractivity contribution is 5.65. The van der Waals surface area contributed by atoms with Crippen LogP contribution >= 0.6 is 0 Å². The molecule has 2 aromatic heterocycles. The molecule has 3 N–H and O–H groups in total. The maximum absolute atomic E-state index is 5.75. The van der Waals surface area contributed by atoms with E-state index in [0.717, 1.165) is 30.7 Å². The lowest BCUT2D eigenvalue weighted by molar-refractivity contribution is 0.508. The van der Waals surface area contributed by atoms with Crippen molar-refractivity contribution in [3.05, 3.63) is 71.3 Å². The van der Waals surface area contributed by atoms with Crippen molar-refractivity contribution >= 4 is 12.2 Å². The number of nitrogens with zero attached hydrogens (tertiary/aromatic N) is 2. The highest BCUT2D eigenvalue weighted by atomic mass is 15.2. The van der Waals surface area contributed by atoms with Crippen LogP contribution in [-0.4, -0.2) is 16.0 Å². The highest BCUT2D eigenvalue weighted by Gasteiger charge is 2.22. The van der Waals surface area contributed by atoms with Crippen molar-refractivity contribution in [1.82, 2.24) is 15.4 Å². The Morgan fingerprint density at radius 3 is 2.27 bits per heavy atom. The maximum atomic E-state index is 5.75. The van der Waals surface area contributed by atoms with Crippen LogP contribution in [0.4, 0.5) is 0 Å². The largest absolute Gasteiger partial charge is 0.271 e. The topological polar surface area (TPSA) is 63.8 Å². The lowest BCUT2D eigenvalue weighted by atomic mass is 9.84. The second-order valence-electron chi connectivity index (χ2n) is 5.39. The highest BCUT2D eigenvalue weighted by Crippen LogP contribution is 2.31. The second-order valence-corrected chi connectivity index (χ2v) is 5.39. The molecule has 1 atom stereocenters. The number of rotatable bonds is 3. The molecule has 0 aromatic carbocycles. The summed E-state index contributed by atoms with van der Waals surface area (Å²) >= 11 is 0. The van der Waals surface area contributed by atoms with E-state index in [0.29, 0.717) is 0 Å². The molecule has 0 bridgehead atoms. The zero-order valence-corrected chi connectivity index (χ0v) is 12.4. The molecule has 1 aliphatic carbocycles. The number of hydrogen-bond donors (Lipinski definition) is 2. The average molecular weight is 292 g/mol. The molecule has 3 rings (SSSR count). The molecule has 1 aliphatic rings. The minimum absolute atomic E-state index is 0.158. The van der Waals surface area contributed by atoms with E-state index >= 15 is 0 Å². The summed E-state index contributed by atoms with van der Waals surface area (Å²) in [6.07, 6.45) is 11.1. The molecule has 22 heavy (non-hydrogen) atoms. The monoisotopic (exact) mass is 292 g/mol. The molecule has 2 aromatic rings. The van der Waals surface area contributed by atoms with Gasteiger partial charge in [0.2, 0.25) is 0 Å². The molecule has 0 aliphatic heterocycles. The van der Waals surface area contributed by atoms with E-state index in [1.165, 1.54) is 11.1 Å². The molecule has 1 unspecified atom stereocenters. The van der Waals surface area contributed by atoms with Gasteiger partial charge in [0.15, 0.2) is 0 Å². The number of nitrogens with one attached hydrogen (secondary N) is 1. The molecule has 4 nitrogen and oxygen atoms in total. The van der Waals surface area contributed by atoms with E-state index < -0.39 is 0 Å². The van der Waals surface area contributed by atoms with E-state index in [1.807, 2.05) is 48.8 Å². The number of pyridine rings is 2. The van der Waals surface area contributed by atoms with Crippen molar-refractivity contribution < 1.29 is 0 Å². The van der Waals surface area contributed by atoms with Crippen molar-refractivity contribution in [2.45, 2.75) is 25.3 Å². The summed E-state index contributed by atoms with van der Waals surface area (Å²) in [5.41, 5.74) is 7.34. The van der Waals surface area contributed by atoms with Gasteiger partial charge in [-0.3, -0.25) is 21.2 Å². The average Bonchev–Trinajstić information content (AvgIpc) is 2.58. The number of nitrogens with two attached hydrogens (primary N) is 1. The van der Waals surface area contributed by atoms with Gasteiger partial charge in [-0.1, -0.05) is 12.1 Å². The number of hydrogen-bond acceptors (Lipinski definition) is 4. The van der Waals surface area contributed by atoms with Gasteiger partial charge in [-0.2, -0.15) is 0 Å². The zero-order chi connectivity index (χ0) is 15.2. The molecule has 0 radical (unpaired) electrons. The Bertz CT molecular complexity index is 662. The molecule has 2 heterocycles. The SMILES string of the molecule is NNC1CCCC(=Cc2ccccn2)C1=Cc1ccccn1. The van der Waals surface area contributed by atoms with Crippen LogP contribution in [0.3, 0.4) is 0 Å². The number of hydrazine groups is 1. The van der Waals surface area contributed by atoms with E-state index in [9.17, 15) is 0 Å². The molecular weight excluding hydrogens is 272 g/mol. The lowest BCUT2D eigenvalue weighted by Crippen LogP contribution is -2.38. The van der Waals surface area contributed by atoms with Crippen LogP contribution in [0.1, 0.15) is 30.7 Å². The summed E-state index contributed by atoms with van der Waals surface area (Å²) in [6.45, 7) is 0. The first-order valence-corrected chi connectivity index (χ1v) is 7.57. The first kappa shape index (κ1) is 14.6. The normalized spacial score (nSPS) is 22.1. The molecule has 112 valence electrons. The lowest BCUT2D eigenvalue weighted by Gasteiger charge is -2.27. The van der Waals surface area contributed by atoms with Gasteiger partial charge >= 0.3 is 0 Å². The first-order chi connectivity index (χ1) is 10.9. The smallest absolute Gasteiger partial charge is 0.0633 e. The van der Waals surface area contributed by atoms with Gasteiger partial charge in [-0.05, 0) is 66.8 Å². The van der Waals surface area contributed by atoms with Crippen molar-refractivity contribution in [2.75, 3.05) is 0 Å². The molecule has 0 saturated heterocycles. The van der Waals surface area contributed by atoms with Gasteiger partial charge in [-0.15, -0.1) is 0 Å². The van der Waals surface area contributed by atoms with Crippen molar-refractivity contribution in [2.24, 2.45) is 5.84 Å². The minimum atomic E-state index is 0.158. The van der Waals surface area contributed by atoms with Gasteiger partial charge in [0.25, 0.3) is 0 Å². The van der Waals surface area contributed by atoms with Crippen LogP contribution in [0, 0.1) is 0 Å². The maximum Gasteiger partial charge on any atom is 0.0633 e. The predicted octanol–water partition coefficient (Wildman–Crippen LogP) is 2.96. The molecular formula is C18H20N4. The van der Waals surface area contributed by atoms with Crippen molar-refractivity contribution in [1.29, 1.82) is 0 Å². The Morgan fingerprint density at radius 1 is 1.00 bits per heavy atom. The summed E-state index contributed by atoms with van der Waals surface area (Å²) < 4.78 is 0. The van der Waals surface area contributed by atoms with E-state index in [2.05, 4.69) is 27.5 Å². The third-order valence-corrected chi connectivity index (χ3v) is 3.89. The van der Waals surface area contributed by atoms with Crippen LogP contribution in [0.2, 0.25) is 0 Å². The summed E-state index contributed by atoms with van der Waals surface area (Å²) in [5.74, 6) is 5.75. The summed E-state index contributed by atoms with van der Waals surface area (Å²) in [6, 6.07) is 12.0. The molecule has 0 amide bonds. The Balaban J connectivity index is 1.99. The summed E-state index contributed by atoms with van der Waals surface area (Å²) in [5, 5.41) is 0. The van der Waals surface area contributed by atoms with Gasteiger partial charge in [-0.25, -0.2) is 0 Å².